The Kier molecular flexibility index (Phi) is 10.1. The van der Waals surface area contributed by atoms with E-state index in [-0.39, 0.29) is 23.4 Å². The molecule has 10 nitrogen and oxygen atoms in total. The molecular weight excluding hydrogens is 544 g/mol. The fraction of sp³-hybridized carbons (Fsp3) is 0.267. The zero-order chi connectivity index (χ0) is 29.2. The second-order valence-electron chi connectivity index (χ2n) is 9.73. The summed E-state index contributed by atoms with van der Waals surface area (Å²) in [5, 5.41) is 19.8. The largest absolute Gasteiger partial charge is 0.492 e. The average Bonchev–Trinajstić information content (AvgIpc) is 2.96. The third kappa shape index (κ3) is 9.17. The van der Waals surface area contributed by atoms with Gasteiger partial charge in [-0.3, -0.25) is 5.41 Å². The Labute approximate surface area is 239 Å². The molecule has 0 saturated carbocycles. The first-order chi connectivity index (χ1) is 19.7. The summed E-state index contributed by atoms with van der Waals surface area (Å²) in [6, 6.07) is 19.6. The number of rotatable bonds is 13. The highest BCUT2D eigenvalue weighted by Gasteiger charge is 2.22. The van der Waals surface area contributed by atoms with Crippen LogP contribution in [0.1, 0.15) is 29.5 Å². The van der Waals surface area contributed by atoms with Gasteiger partial charge in [-0.05, 0) is 86.0 Å². The Morgan fingerprint density at radius 1 is 1.07 bits per heavy atom. The van der Waals surface area contributed by atoms with Crippen LogP contribution in [0, 0.1) is 5.41 Å². The standard InChI is InChI=1S/C30H34N4O6S/c31-30(32)23-2-1-3-27(19-23)39-20-24(18-22-4-9-25(10-5-22)40-26-14-16-33-17-15-26)34-41(37,38)28-11-6-21(7-12-28)8-13-29(35)36/h1-13,19,24,26,33-34H,14-18,20H2,(H3,31,32)(H,35,36)/b13-8+/t24-/m0/s1. The van der Waals surface area contributed by atoms with Crippen LogP contribution < -0.4 is 25.2 Å². The minimum Gasteiger partial charge on any atom is -0.492 e. The molecule has 1 heterocycles. The molecule has 6 N–H and O–H groups in total. The summed E-state index contributed by atoms with van der Waals surface area (Å²) in [4.78, 5) is 10.8. The van der Waals surface area contributed by atoms with Crippen molar-refractivity contribution in [2.45, 2.75) is 36.3 Å². The molecule has 0 unspecified atom stereocenters. The number of sulfonamides is 1. The number of piperidine rings is 1. The lowest BCUT2D eigenvalue weighted by atomic mass is 10.1. The molecule has 0 bridgehead atoms. The number of carboxylic acids is 1. The molecular formula is C30H34N4O6S. The maximum atomic E-state index is 13.3. The summed E-state index contributed by atoms with van der Waals surface area (Å²) in [7, 11) is -3.94. The minimum atomic E-state index is -3.94. The van der Waals surface area contributed by atoms with Crippen molar-refractivity contribution < 1.29 is 27.8 Å². The van der Waals surface area contributed by atoms with Gasteiger partial charge in [-0.15, -0.1) is 0 Å². The number of nitrogens with one attached hydrogen (secondary N) is 3. The van der Waals surface area contributed by atoms with E-state index in [9.17, 15) is 13.2 Å². The highest BCUT2D eigenvalue weighted by Crippen LogP contribution is 2.20. The van der Waals surface area contributed by atoms with Crippen molar-refractivity contribution in [3.05, 3.63) is 95.6 Å². The van der Waals surface area contributed by atoms with E-state index in [0.29, 0.717) is 23.3 Å². The van der Waals surface area contributed by atoms with Crippen LogP contribution in [0.25, 0.3) is 6.08 Å². The molecule has 41 heavy (non-hydrogen) atoms. The molecule has 1 fully saturated rings. The van der Waals surface area contributed by atoms with Gasteiger partial charge in [0.2, 0.25) is 10.0 Å². The summed E-state index contributed by atoms with van der Waals surface area (Å²) in [5.74, 6) is 0.0429. The number of carbonyl (C=O) groups is 1. The van der Waals surface area contributed by atoms with E-state index in [0.717, 1.165) is 43.3 Å². The summed E-state index contributed by atoms with van der Waals surface area (Å²) < 4.78 is 41.4. The second-order valence-corrected chi connectivity index (χ2v) is 11.4. The Balaban J connectivity index is 1.49. The van der Waals surface area contributed by atoms with E-state index in [2.05, 4.69) is 10.0 Å². The van der Waals surface area contributed by atoms with E-state index >= 15 is 0 Å². The van der Waals surface area contributed by atoms with Gasteiger partial charge in [0.25, 0.3) is 0 Å². The summed E-state index contributed by atoms with van der Waals surface area (Å²) in [5.41, 5.74) is 7.55. The van der Waals surface area contributed by atoms with E-state index < -0.39 is 22.0 Å². The first-order valence-corrected chi connectivity index (χ1v) is 14.7. The van der Waals surface area contributed by atoms with Gasteiger partial charge in [0, 0.05) is 11.6 Å². The topological polar surface area (TPSA) is 164 Å². The molecule has 0 amide bonds. The number of carboxylic acid groups (broad SMARTS) is 1. The van der Waals surface area contributed by atoms with Crippen molar-refractivity contribution in [2.24, 2.45) is 5.73 Å². The number of ether oxygens (including phenoxy) is 2. The van der Waals surface area contributed by atoms with Crippen molar-refractivity contribution in [1.82, 2.24) is 10.0 Å². The molecule has 3 aromatic carbocycles. The molecule has 0 radical (unpaired) electrons. The van der Waals surface area contributed by atoms with Crippen LogP contribution in [0.5, 0.6) is 11.5 Å². The van der Waals surface area contributed by atoms with E-state index in [1.165, 1.54) is 30.3 Å². The van der Waals surface area contributed by atoms with Crippen molar-refractivity contribution in [1.29, 1.82) is 5.41 Å². The third-order valence-corrected chi connectivity index (χ3v) is 8.06. The van der Waals surface area contributed by atoms with Gasteiger partial charge < -0.3 is 25.6 Å². The predicted octanol–water partition coefficient (Wildman–Crippen LogP) is 3.17. The Bertz CT molecular complexity index is 1470. The van der Waals surface area contributed by atoms with Crippen LogP contribution in [-0.4, -0.2) is 57.2 Å². The quantitative estimate of drug-likeness (QED) is 0.117. The molecule has 11 heteroatoms. The number of hydrogen-bond acceptors (Lipinski definition) is 7. The zero-order valence-corrected chi connectivity index (χ0v) is 23.3. The minimum absolute atomic E-state index is 0.0212. The molecule has 4 rings (SSSR count). The number of nitrogens with two attached hydrogens (primary N) is 1. The van der Waals surface area contributed by atoms with Crippen LogP contribution >= 0.6 is 0 Å². The lowest BCUT2D eigenvalue weighted by Gasteiger charge is -2.24. The highest BCUT2D eigenvalue weighted by molar-refractivity contribution is 7.89. The molecule has 1 aliphatic rings. The number of amidine groups is 1. The monoisotopic (exact) mass is 578 g/mol. The van der Waals surface area contributed by atoms with E-state index in [1.54, 1.807) is 24.3 Å². The van der Waals surface area contributed by atoms with Crippen LogP contribution in [-0.2, 0) is 21.2 Å². The van der Waals surface area contributed by atoms with Crippen LogP contribution in [0.2, 0.25) is 0 Å². The lowest BCUT2D eigenvalue weighted by molar-refractivity contribution is -0.131. The Morgan fingerprint density at radius 3 is 2.44 bits per heavy atom. The summed E-state index contributed by atoms with van der Waals surface area (Å²) in [6.07, 6.45) is 4.79. The molecule has 0 aliphatic carbocycles. The van der Waals surface area contributed by atoms with Crippen LogP contribution in [0.3, 0.4) is 0 Å². The molecule has 1 aliphatic heterocycles. The molecule has 1 saturated heterocycles. The number of nitrogen functional groups attached to an aromatic ring is 1. The van der Waals surface area contributed by atoms with Crippen LogP contribution in [0.4, 0.5) is 0 Å². The highest BCUT2D eigenvalue weighted by atomic mass is 32.2. The fourth-order valence-electron chi connectivity index (χ4n) is 4.39. The number of aliphatic carboxylic acids is 1. The zero-order valence-electron chi connectivity index (χ0n) is 22.5. The molecule has 216 valence electrons. The maximum Gasteiger partial charge on any atom is 0.328 e. The number of benzene rings is 3. The summed E-state index contributed by atoms with van der Waals surface area (Å²) in [6.45, 7) is 1.89. The smallest absolute Gasteiger partial charge is 0.328 e. The molecule has 0 aromatic heterocycles. The normalized spacial score (nSPS) is 14.9. The van der Waals surface area contributed by atoms with E-state index in [1.807, 2.05) is 24.3 Å². The second kappa shape index (κ2) is 13.9. The van der Waals surface area contributed by atoms with Gasteiger partial charge in [-0.25, -0.2) is 17.9 Å². The first-order valence-electron chi connectivity index (χ1n) is 13.2. The number of hydrogen-bond donors (Lipinski definition) is 5. The molecule has 1 atom stereocenters. The fourth-order valence-corrected chi connectivity index (χ4v) is 5.61. The van der Waals surface area contributed by atoms with Crippen LogP contribution in [0.15, 0.2) is 83.8 Å². The van der Waals surface area contributed by atoms with Gasteiger partial charge in [-0.1, -0.05) is 36.4 Å². The SMILES string of the molecule is N=C(N)c1cccc(OC[C@H](Cc2ccc(OC3CCNCC3)cc2)NS(=O)(=O)c2ccc(/C=C/C(=O)O)cc2)c1. The molecule has 0 spiro atoms. The molecule has 3 aromatic rings. The average molecular weight is 579 g/mol. The Morgan fingerprint density at radius 2 is 1.78 bits per heavy atom. The van der Waals surface area contributed by atoms with Crippen molar-refractivity contribution >= 4 is 27.9 Å². The van der Waals surface area contributed by atoms with Crippen molar-refractivity contribution in [3.63, 3.8) is 0 Å². The summed E-state index contributed by atoms with van der Waals surface area (Å²) >= 11 is 0. The first kappa shape index (κ1) is 29.8. The maximum absolute atomic E-state index is 13.3. The van der Waals surface area contributed by atoms with Gasteiger partial charge in [0.1, 0.15) is 30.0 Å². The van der Waals surface area contributed by atoms with Gasteiger partial charge in [0.05, 0.1) is 10.9 Å². The van der Waals surface area contributed by atoms with Crippen molar-refractivity contribution in [3.8, 4) is 11.5 Å². The van der Waals surface area contributed by atoms with E-state index in [4.69, 9.17) is 25.7 Å². The van der Waals surface area contributed by atoms with Gasteiger partial charge in [0.15, 0.2) is 0 Å². The van der Waals surface area contributed by atoms with Gasteiger partial charge in [-0.2, -0.15) is 0 Å². The predicted molar refractivity (Wildman–Crippen MR) is 157 cm³/mol. The lowest BCUT2D eigenvalue weighted by Crippen LogP contribution is -2.40. The third-order valence-electron chi connectivity index (χ3n) is 6.52. The van der Waals surface area contributed by atoms with Crippen molar-refractivity contribution in [2.75, 3.05) is 19.7 Å². The van der Waals surface area contributed by atoms with Gasteiger partial charge >= 0.3 is 5.97 Å². The Hall–Kier alpha value is -4.19.